The number of hydrogen-bond acceptors (Lipinski definition) is 4. The molecule has 0 aliphatic carbocycles. The number of carbonyl (C=O) groups excluding carboxylic acids is 1. The third-order valence-corrected chi connectivity index (χ3v) is 4.92. The van der Waals surface area contributed by atoms with Crippen LogP contribution < -0.4 is 4.74 Å². The third kappa shape index (κ3) is 3.85. The van der Waals surface area contributed by atoms with Gasteiger partial charge in [-0.2, -0.15) is 5.10 Å². The van der Waals surface area contributed by atoms with Crippen molar-refractivity contribution in [2.24, 2.45) is 0 Å². The maximum Gasteiger partial charge on any atom is 0.341 e. The Bertz CT molecular complexity index is 1330. The molecule has 0 aliphatic rings. The summed E-state index contributed by atoms with van der Waals surface area (Å²) in [4.78, 5) is 23.7. The SMILES string of the molecule is C=CCn1c2ccccc2n2nc(C)c(C(=O)C=Cc3ccc(OCC(=O)O)cc3)c12. The Hall–Kier alpha value is -4.13. The fraction of sp³-hybridized carbons (Fsp3) is 0.125. The lowest BCUT2D eigenvalue weighted by Crippen LogP contribution is -2.09. The van der Waals surface area contributed by atoms with E-state index >= 15 is 0 Å². The average Bonchev–Trinajstić information content (AvgIpc) is 3.25. The second kappa shape index (κ2) is 8.31. The molecule has 4 rings (SSSR count). The summed E-state index contributed by atoms with van der Waals surface area (Å²) in [6.45, 7) is 5.83. The topological polar surface area (TPSA) is 85.8 Å². The van der Waals surface area contributed by atoms with E-state index in [1.54, 1.807) is 36.4 Å². The molecule has 0 bridgehead atoms. The number of para-hydroxylation sites is 2. The Morgan fingerprint density at radius 2 is 1.84 bits per heavy atom. The summed E-state index contributed by atoms with van der Waals surface area (Å²) in [6, 6.07) is 14.7. The zero-order valence-electron chi connectivity index (χ0n) is 17.0. The quantitative estimate of drug-likeness (QED) is 0.266. The van der Waals surface area contributed by atoms with Crippen LogP contribution in [0.25, 0.3) is 22.8 Å². The number of aliphatic carboxylic acids is 1. The van der Waals surface area contributed by atoms with Crippen LogP contribution in [0.3, 0.4) is 0 Å². The number of nitrogens with zero attached hydrogens (tertiary/aromatic N) is 3. The zero-order chi connectivity index (χ0) is 22.0. The highest BCUT2D eigenvalue weighted by Gasteiger charge is 2.21. The Balaban J connectivity index is 1.67. The summed E-state index contributed by atoms with van der Waals surface area (Å²) >= 11 is 0. The minimum Gasteiger partial charge on any atom is -0.482 e. The van der Waals surface area contributed by atoms with Crippen LogP contribution in [-0.4, -0.2) is 37.6 Å². The van der Waals surface area contributed by atoms with Gasteiger partial charge in [0, 0.05) is 6.54 Å². The molecule has 0 amide bonds. The van der Waals surface area contributed by atoms with E-state index in [1.165, 1.54) is 6.08 Å². The number of carboxylic acids is 1. The monoisotopic (exact) mass is 415 g/mol. The molecular weight excluding hydrogens is 394 g/mol. The number of aromatic nitrogens is 3. The Morgan fingerprint density at radius 1 is 1.13 bits per heavy atom. The molecule has 0 spiro atoms. The van der Waals surface area contributed by atoms with Crippen molar-refractivity contribution in [3.05, 3.63) is 84.1 Å². The average molecular weight is 415 g/mol. The number of aryl methyl sites for hydroxylation is 1. The summed E-state index contributed by atoms with van der Waals surface area (Å²) in [5.74, 6) is -0.730. The van der Waals surface area contributed by atoms with Gasteiger partial charge in [0.15, 0.2) is 12.4 Å². The first-order chi connectivity index (χ1) is 15.0. The summed E-state index contributed by atoms with van der Waals surface area (Å²) in [5.41, 5.74) is 4.66. The Kier molecular flexibility index (Phi) is 5.41. The van der Waals surface area contributed by atoms with Gasteiger partial charge in [0.2, 0.25) is 0 Å². The van der Waals surface area contributed by atoms with Gasteiger partial charge in [-0.05, 0) is 42.8 Å². The van der Waals surface area contributed by atoms with Crippen molar-refractivity contribution in [2.75, 3.05) is 6.61 Å². The van der Waals surface area contributed by atoms with Crippen LogP contribution in [0.4, 0.5) is 0 Å². The van der Waals surface area contributed by atoms with Crippen LogP contribution in [0.1, 0.15) is 21.6 Å². The van der Waals surface area contributed by atoms with Crippen LogP contribution in [0.5, 0.6) is 5.75 Å². The molecule has 0 radical (unpaired) electrons. The molecule has 0 unspecified atom stereocenters. The second-order valence-corrected chi connectivity index (χ2v) is 7.03. The van der Waals surface area contributed by atoms with E-state index in [0.29, 0.717) is 23.6 Å². The van der Waals surface area contributed by atoms with E-state index in [9.17, 15) is 9.59 Å². The lowest BCUT2D eigenvalue weighted by Gasteiger charge is -2.04. The highest BCUT2D eigenvalue weighted by molar-refractivity contribution is 6.12. The second-order valence-electron chi connectivity index (χ2n) is 7.03. The minimum absolute atomic E-state index is 0.146. The lowest BCUT2D eigenvalue weighted by atomic mass is 10.1. The van der Waals surface area contributed by atoms with E-state index in [1.807, 2.05) is 40.3 Å². The summed E-state index contributed by atoms with van der Waals surface area (Å²) in [5, 5.41) is 13.3. The van der Waals surface area contributed by atoms with Crippen molar-refractivity contribution >= 4 is 34.5 Å². The van der Waals surface area contributed by atoms with Crippen molar-refractivity contribution in [1.82, 2.24) is 14.2 Å². The van der Waals surface area contributed by atoms with Crippen molar-refractivity contribution in [2.45, 2.75) is 13.5 Å². The number of ether oxygens (including phenoxy) is 1. The number of carbonyl (C=O) groups is 2. The van der Waals surface area contributed by atoms with Crippen molar-refractivity contribution in [1.29, 1.82) is 0 Å². The molecule has 7 heteroatoms. The summed E-state index contributed by atoms with van der Waals surface area (Å²) in [7, 11) is 0. The van der Waals surface area contributed by atoms with E-state index in [4.69, 9.17) is 9.84 Å². The number of rotatable bonds is 8. The van der Waals surface area contributed by atoms with E-state index in [-0.39, 0.29) is 5.78 Å². The van der Waals surface area contributed by atoms with Crippen molar-refractivity contribution in [3.8, 4) is 5.75 Å². The molecule has 0 saturated carbocycles. The van der Waals surface area contributed by atoms with Crippen LogP contribution in [0.2, 0.25) is 0 Å². The van der Waals surface area contributed by atoms with Gasteiger partial charge in [-0.15, -0.1) is 6.58 Å². The van der Waals surface area contributed by atoms with Crippen molar-refractivity contribution < 1.29 is 19.4 Å². The van der Waals surface area contributed by atoms with Gasteiger partial charge < -0.3 is 14.4 Å². The molecule has 2 heterocycles. The number of imidazole rings is 1. The van der Waals surface area contributed by atoms with Gasteiger partial charge >= 0.3 is 5.97 Å². The molecule has 7 nitrogen and oxygen atoms in total. The Morgan fingerprint density at radius 3 is 2.52 bits per heavy atom. The van der Waals surface area contributed by atoms with Gasteiger partial charge in [-0.1, -0.05) is 36.4 Å². The predicted octanol–water partition coefficient (Wildman–Crippen LogP) is 4.14. The van der Waals surface area contributed by atoms with Crippen LogP contribution in [0, 0.1) is 6.92 Å². The molecule has 0 atom stereocenters. The molecule has 156 valence electrons. The fourth-order valence-electron chi connectivity index (χ4n) is 3.60. The van der Waals surface area contributed by atoms with Crippen LogP contribution in [0.15, 0.2) is 67.3 Å². The number of benzene rings is 2. The highest BCUT2D eigenvalue weighted by atomic mass is 16.5. The van der Waals surface area contributed by atoms with Gasteiger partial charge in [0.05, 0.1) is 22.3 Å². The van der Waals surface area contributed by atoms with E-state index in [0.717, 1.165) is 22.2 Å². The third-order valence-electron chi connectivity index (χ3n) is 4.92. The van der Waals surface area contributed by atoms with E-state index < -0.39 is 12.6 Å². The summed E-state index contributed by atoms with van der Waals surface area (Å²) in [6.07, 6.45) is 5.03. The molecule has 31 heavy (non-hydrogen) atoms. The normalized spacial score (nSPS) is 11.4. The summed E-state index contributed by atoms with van der Waals surface area (Å²) < 4.78 is 8.97. The Labute approximate surface area is 178 Å². The first kappa shape index (κ1) is 20.2. The molecule has 4 aromatic rings. The first-order valence-electron chi connectivity index (χ1n) is 9.74. The molecule has 2 aromatic carbocycles. The molecular formula is C24H21N3O4. The van der Waals surface area contributed by atoms with Gasteiger partial charge in [-0.3, -0.25) is 4.79 Å². The van der Waals surface area contributed by atoms with Crippen LogP contribution >= 0.6 is 0 Å². The zero-order valence-corrected chi connectivity index (χ0v) is 17.0. The molecule has 1 N–H and O–H groups in total. The highest BCUT2D eigenvalue weighted by Crippen LogP contribution is 2.26. The fourth-order valence-corrected chi connectivity index (χ4v) is 3.60. The molecule has 0 saturated heterocycles. The maximum absolute atomic E-state index is 13.1. The predicted molar refractivity (Wildman–Crippen MR) is 119 cm³/mol. The van der Waals surface area contributed by atoms with Crippen molar-refractivity contribution in [3.63, 3.8) is 0 Å². The number of carboxylic acid groups (broad SMARTS) is 1. The van der Waals surface area contributed by atoms with Gasteiger partial charge in [0.1, 0.15) is 11.4 Å². The first-order valence-corrected chi connectivity index (χ1v) is 9.74. The van der Waals surface area contributed by atoms with E-state index in [2.05, 4.69) is 11.7 Å². The number of hydrogen-bond donors (Lipinski definition) is 1. The maximum atomic E-state index is 13.1. The number of ketones is 1. The number of fused-ring (bicyclic) bond motifs is 3. The number of allylic oxidation sites excluding steroid dienone is 2. The molecule has 0 aliphatic heterocycles. The largest absolute Gasteiger partial charge is 0.482 e. The lowest BCUT2D eigenvalue weighted by molar-refractivity contribution is -0.139. The molecule has 0 fully saturated rings. The standard InChI is InChI=1S/C24H21N3O4/c1-3-14-26-19-6-4-5-7-20(19)27-24(26)23(16(2)25-27)21(28)13-10-17-8-11-18(12-9-17)31-15-22(29)30/h3-13H,1,14-15H2,2H3,(H,29,30). The van der Waals surface area contributed by atoms with Gasteiger partial charge in [-0.25, -0.2) is 9.31 Å². The smallest absolute Gasteiger partial charge is 0.341 e. The van der Waals surface area contributed by atoms with Crippen LogP contribution in [-0.2, 0) is 11.3 Å². The van der Waals surface area contributed by atoms with Gasteiger partial charge in [0.25, 0.3) is 0 Å². The molecule has 2 aromatic heterocycles. The minimum atomic E-state index is -1.04.